The predicted molar refractivity (Wildman–Crippen MR) is 130 cm³/mol. The average Bonchev–Trinajstić information content (AvgIpc) is 2.73. The molecule has 3 aromatic carbocycles. The molecular weight excluding hydrogens is 420 g/mol. The van der Waals surface area contributed by atoms with Crippen molar-refractivity contribution >= 4 is 21.6 Å². The van der Waals surface area contributed by atoms with Crippen LogP contribution in [0.15, 0.2) is 66.7 Å². The first-order valence-electron chi connectivity index (χ1n) is 10.6. The van der Waals surface area contributed by atoms with Crippen molar-refractivity contribution in [2.24, 2.45) is 0 Å². The molecule has 1 amide bonds. The van der Waals surface area contributed by atoms with E-state index in [4.69, 9.17) is 0 Å². The number of amides is 1. The number of anilines is 1. The number of rotatable bonds is 7. The summed E-state index contributed by atoms with van der Waals surface area (Å²) in [5.74, 6) is -0.165. The Kier molecular flexibility index (Phi) is 7.04. The third-order valence-corrected chi connectivity index (χ3v) is 6.75. The summed E-state index contributed by atoms with van der Waals surface area (Å²) in [5, 5.41) is 3.03. The molecule has 0 aliphatic rings. The molecule has 0 aliphatic carbocycles. The smallest absolute Gasteiger partial charge is 0.251 e. The van der Waals surface area contributed by atoms with Crippen molar-refractivity contribution in [3.63, 3.8) is 0 Å². The number of para-hydroxylation sites is 1. The Morgan fingerprint density at radius 3 is 2.00 bits per heavy atom. The molecule has 3 rings (SSSR count). The molecule has 32 heavy (non-hydrogen) atoms. The fraction of sp³-hybridized carbons (Fsp3) is 0.269. The number of hydrogen-bond donors (Lipinski definition) is 1. The zero-order valence-corrected chi connectivity index (χ0v) is 20.0. The lowest BCUT2D eigenvalue weighted by Crippen LogP contribution is -2.30. The predicted octanol–water partition coefficient (Wildman–Crippen LogP) is 5.07. The summed E-state index contributed by atoms with van der Waals surface area (Å²) in [5.41, 5.74) is 6.05. The molecule has 0 fully saturated rings. The van der Waals surface area contributed by atoms with Gasteiger partial charge in [0.25, 0.3) is 5.91 Å². The van der Waals surface area contributed by atoms with Gasteiger partial charge in [-0.05, 0) is 67.6 Å². The lowest BCUT2D eigenvalue weighted by Gasteiger charge is -2.26. The molecule has 0 spiro atoms. The SMILES string of the molecule is Cc1ccccc1[C@@H](C)NC(=O)c1ccc(CN(c2c(C)cccc2C)S(C)(=O)=O)cc1. The van der Waals surface area contributed by atoms with Gasteiger partial charge in [-0.2, -0.15) is 0 Å². The fourth-order valence-electron chi connectivity index (χ4n) is 3.92. The van der Waals surface area contributed by atoms with Gasteiger partial charge < -0.3 is 5.32 Å². The van der Waals surface area contributed by atoms with E-state index in [0.29, 0.717) is 11.3 Å². The van der Waals surface area contributed by atoms with Gasteiger partial charge in [0.1, 0.15) is 0 Å². The molecule has 0 heterocycles. The summed E-state index contributed by atoms with van der Waals surface area (Å²) in [6, 6.07) is 20.7. The van der Waals surface area contributed by atoms with Gasteiger partial charge >= 0.3 is 0 Å². The second-order valence-electron chi connectivity index (χ2n) is 8.26. The van der Waals surface area contributed by atoms with Crippen LogP contribution in [0.3, 0.4) is 0 Å². The Labute approximate surface area is 191 Å². The van der Waals surface area contributed by atoms with E-state index in [9.17, 15) is 13.2 Å². The normalized spacial score (nSPS) is 12.3. The molecule has 1 N–H and O–H groups in total. The lowest BCUT2D eigenvalue weighted by atomic mass is 10.0. The summed E-state index contributed by atoms with van der Waals surface area (Å²) in [6.07, 6.45) is 1.22. The van der Waals surface area contributed by atoms with Crippen LogP contribution in [0.25, 0.3) is 0 Å². The molecule has 0 aliphatic heterocycles. The van der Waals surface area contributed by atoms with Crippen LogP contribution in [0.5, 0.6) is 0 Å². The van der Waals surface area contributed by atoms with Crippen molar-refractivity contribution in [2.45, 2.75) is 40.3 Å². The van der Waals surface area contributed by atoms with Gasteiger partial charge in [-0.1, -0.05) is 54.6 Å². The van der Waals surface area contributed by atoms with Gasteiger partial charge in [0, 0.05) is 5.56 Å². The van der Waals surface area contributed by atoms with E-state index in [0.717, 1.165) is 27.8 Å². The molecule has 0 unspecified atom stereocenters. The molecular formula is C26H30N2O3S. The second-order valence-corrected chi connectivity index (χ2v) is 10.2. The maximum absolute atomic E-state index is 12.7. The first-order chi connectivity index (χ1) is 15.1. The second kappa shape index (κ2) is 9.57. The fourth-order valence-corrected chi connectivity index (χ4v) is 4.92. The van der Waals surface area contributed by atoms with Crippen LogP contribution >= 0.6 is 0 Å². The first kappa shape index (κ1) is 23.5. The Morgan fingerprint density at radius 2 is 1.44 bits per heavy atom. The largest absolute Gasteiger partial charge is 0.346 e. The molecule has 0 bridgehead atoms. The Balaban J connectivity index is 1.78. The number of carbonyl (C=O) groups excluding carboxylic acids is 1. The highest BCUT2D eigenvalue weighted by molar-refractivity contribution is 7.92. The van der Waals surface area contributed by atoms with Gasteiger partial charge in [0.05, 0.1) is 24.5 Å². The molecule has 0 aromatic heterocycles. The number of carbonyl (C=O) groups is 1. The summed E-state index contributed by atoms with van der Waals surface area (Å²) >= 11 is 0. The number of sulfonamides is 1. The van der Waals surface area contributed by atoms with Gasteiger partial charge in [-0.3, -0.25) is 9.10 Å². The minimum atomic E-state index is -3.48. The quantitative estimate of drug-likeness (QED) is 0.547. The third-order valence-electron chi connectivity index (χ3n) is 5.63. The summed E-state index contributed by atoms with van der Waals surface area (Å²) in [4.78, 5) is 12.7. The zero-order chi connectivity index (χ0) is 23.5. The maximum atomic E-state index is 12.7. The zero-order valence-electron chi connectivity index (χ0n) is 19.2. The average molecular weight is 451 g/mol. The first-order valence-corrected chi connectivity index (χ1v) is 12.4. The van der Waals surface area contributed by atoms with E-state index < -0.39 is 10.0 Å². The van der Waals surface area contributed by atoms with E-state index >= 15 is 0 Å². The maximum Gasteiger partial charge on any atom is 0.251 e. The van der Waals surface area contributed by atoms with Crippen LogP contribution in [0, 0.1) is 20.8 Å². The molecule has 0 saturated carbocycles. The van der Waals surface area contributed by atoms with Crippen LogP contribution in [0.4, 0.5) is 5.69 Å². The summed E-state index contributed by atoms with van der Waals surface area (Å²) in [7, 11) is -3.48. The highest BCUT2D eigenvalue weighted by Crippen LogP contribution is 2.28. The summed E-state index contributed by atoms with van der Waals surface area (Å²) < 4.78 is 26.5. The van der Waals surface area contributed by atoms with Crippen molar-refractivity contribution in [3.8, 4) is 0 Å². The van der Waals surface area contributed by atoms with Gasteiger partial charge in [0.2, 0.25) is 10.0 Å². The van der Waals surface area contributed by atoms with E-state index in [1.807, 2.05) is 70.2 Å². The number of aryl methyl sites for hydroxylation is 3. The molecule has 1 atom stereocenters. The highest BCUT2D eigenvalue weighted by Gasteiger charge is 2.21. The standard InChI is InChI=1S/C26H30N2O3S/c1-18-9-6-7-12-24(18)21(4)27-26(29)23-15-13-22(14-16-23)17-28(32(5,30)31)25-19(2)10-8-11-20(25)3/h6-16,21H,17H2,1-5H3,(H,27,29)/t21-/m1/s1. The number of nitrogens with one attached hydrogen (secondary N) is 1. The topological polar surface area (TPSA) is 66.5 Å². The monoisotopic (exact) mass is 450 g/mol. The van der Waals surface area contributed by atoms with E-state index in [-0.39, 0.29) is 18.5 Å². The Bertz CT molecular complexity index is 1200. The lowest BCUT2D eigenvalue weighted by molar-refractivity contribution is 0.0940. The van der Waals surface area contributed by atoms with Crippen LogP contribution in [-0.4, -0.2) is 20.6 Å². The van der Waals surface area contributed by atoms with E-state index in [1.165, 1.54) is 10.6 Å². The van der Waals surface area contributed by atoms with Crippen LogP contribution in [-0.2, 0) is 16.6 Å². The van der Waals surface area contributed by atoms with Crippen molar-refractivity contribution in [3.05, 3.63) is 100 Å². The van der Waals surface area contributed by atoms with Gasteiger partial charge in [-0.25, -0.2) is 8.42 Å². The van der Waals surface area contributed by atoms with Crippen molar-refractivity contribution in [1.29, 1.82) is 0 Å². The molecule has 3 aromatic rings. The number of nitrogens with zero attached hydrogens (tertiary/aromatic N) is 1. The number of benzene rings is 3. The van der Waals surface area contributed by atoms with E-state index in [2.05, 4.69) is 5.32 Å². The van der Waals surface area contributed by atoms with Crippen LogP contribution in [0.2, 0.25) is 0 Å². The minimum Gasteiger partial charge on any atom is -0.346 e. The third kappa shape index (κ3) is 5.37. The highest BCUT2D eigenvalue weighted by atomic mass is 32.2. The van der Waals surface area contributed by atoms with Gasteiger partial charge in [-0.15, -0.1) is 0 Å². The van der Waals surface area contributed by atoms with Crippen LogP contribution < -0.4 is 9.62 Å². The molecule has 0 saturated heterocycles. The van der Waals surface area contributed by atoms with Gasteiger partial charge in [0.15, 0.2) is 0 Å². The molecule has 0 radical (unpaired) electrons. The molecule has 5 nitrogen and oxygen atoms in total. The summed E-state index contributed by atoms with van der Waals surface area (Å²) in [6.45, 7) is 8.00. The van der Waals surface area contributed by atoms with Crippen molar-refractivity contribution in [2.75, 3.05) is 10.6 Å². The molecule has 168 valence electrons. The Morgan fingerprint density at radius 1 is 0.875 bits per heavy atom. The Hall–Kier alpha value is -3.12. The molecule has 6 heteroatoms. The van der Waals surface area contributed by atoms with Crippen molar-refractivity contribution < 1.29 is 13.2 Å². The number of hydrogen-bond acceptors (Lipinski definition) is 3. The minimum absolute atomic E-state index is 0.117. The van der Waals surface area contributed by atoms with Crippen LogP contribution in [0.1, 0.15) is 51.1 Å². The van der Waals surface area contributed by atoms with E-state index in [1.54, 1.807) is 24.3 Å². The van der Waals surface area contributed by atoms with Crippen molar-refractivity contribution in [1.82, 2.24) is 5.32 Å².